The number of aryl methyl sites for hydroxylation is 1. The van der Waals surface area contributed by atoms with Gasteiger partial charge in [-0.2, -0.15) is 0 Å². The van der Waals surface area contributed by atoms with E-state index >= 15 is 0 Å². The molecule has 1 amide bonds. The smallest absolute Gasteiger partial charge is 0.251 e. The highest BCUT2D eigenvalue weighted by atomic mass is 19.1. The van der Waals surface area contributed by atoms with Crippen molar-refractivity contribution in [1.82, 2.24) is 20.8 Å². The van der Waals surface area contributed by atoms with E-state index in [0.717, 1.165) is 6.42 Å². The number of fused-ring (bicyclic) bond motifs is 1. The van der Waals surface area contributed by atoms with E-state index in [-0.39, 0.29) is 29.0 Å². The maximum atomic E-state index is 13.7. The van der Waals surface area contributed by atoms with Gasteiger partial charge in [-0.1, -0.05) is 23.4 Å². The number of aliphatic imine (C=N–C) groups is 1. The summed E-state index contributed by atoms with van der Waals surface area (Å²) in [6, 6.07) is 11.3. The van der Waals surface area contributed by atoms with Crippen LogP contribution in [-0.2, 0) is 0 Å². The molecule has 172 valence electrons. The zero-order chi connectivity index (χ0) is 23.7. The van der Waals surface area contributed by atoms with E-state index in [0.29, 0.717) is 46.4 Å². The molecule has 0 bridgehead atoms. The molecule has 3 N–H and O–H groups in total. The highest BCUT2D eigenvalue weighted by molar-refractivity contribution is 6.19. The third kappa shape index (κ3) is 4.07. The first kappa shape index (κ1) is 21.6. The summed E-state index contributed by atoms with van der Waals surface area (Å²) >= 11 is 0. The van der Waals surface area contributed by atoms with Crippen molar-refractivity contribution in [2.45, 2.75) is 19.4 Å². The van der Waals surface area contributed by atoms with E-state index in [1.54, 1.807) is 49.8 Å². The van der Waals surface area contributed by atoms with Crippen molar-refractivity contribution in [2.75, 3.05) is 13.1 Å². The van der Waals surface area contributed by atoms with Crippen LogP contribution < -0.4 is 10.6 Å². The molecule has 0 aliphatic carbocycles. The fourth-order valence-corrected chi connectivity index (χ4v) is 4.09. The van der Waals surface area contributed by atoms with Gasteiger partial charge in [0, 0.05) is 46.4 Å². The minimum absolute atomic E-state index is 0.188. The van der Waals surface area contributed by atoms with Crippen LogP contribution in [0.2, 0.25) is 0 Å². The molecule has 0 saturated carbocycles. The van der Waals surface area contributed by atoms with Crippen molar-refractivity contribution >= 4 is 28.9 Å². The number of benzene rings is 2. The van der Waals surface area contributed by atoms with Crippen LogP contribution in [0.5, 0.6) is 0 Å². The zero-order valence-electron chi connectivity index (χ0n) is 18.4. The molecule has 1 atom stereocenters. The Kier molecular flexibility index (Phi) is 5.67. The van der Waals surface area contributed by atoms with E-state index in [1.807, 2.05) is 0 Å². The van der Waals surface area contributed by atoms with Crippen LogP contribution in [0.4, 0.5) is 4.39 Å². The summed E-state index contributed by atoms with van der Waals surface area (Å²) in [7, 11) is 0. The van der Waals surface area contributed by atoms with E-state index in [1.165, 1.54) is 12.1 Å². The van der Waals surface area contributed by atoms with Crippen LogP contribution in [0.1, 0.15) is 38.5 Å². The molecule has 0 fully saturated rings. The molecule has 3 heterocycles. The Morgan fingerprint density at radius 1 is 1.24 bits per heavy atom. The van der Waals surface area contributed by atoms with Crippen molar-refractivity contribution in [3.8, 4) is 11.3 Å². The number of aromatic amines is 1. The molecule has 0 radical (unpaired) electrons. The molecule has 9 heteroatoms. The third-order valence-corrected chi connectivity index (χ3v) is 5.88. The first-order chi connectivity index (χ1) is 16.5. The topological polar surface area (TPSA) is 112 Å². The summed E-state index contributed by atoms with van der Waals surface area (Å²) in [5.41, 5.74) is 2.58. The predicted octanol–water partition coefficient (Wildman–Crippen LogP) is 3.62. The van der Waals surface area contributed by atoms with Crippen molar-refractivity contribution in [1.29, 1.82) is 0 Å². The lowest BCUT2D eigenvalue weighted by molar-refractivity contribution is 0.0952. The molecule has 1 aliphatic rings. The molecule has 2 aromatic heterocycles. The van der Waals surface area contributed by atoms with Gasteiger partial charge in [-0.25, -0.2) is 4.39 Å². The van der Waals surface area contributed by atoms with Crippen LogP contribution in [0.3, 0.4) is 0 Å². The lowest BCUT2D eigenvalue weighted by Gasteiger charge is -2.10. The number of nitrogens with one attached hydrogen (secondary N) is 3. The van der Waals surface area contributed by atoms with Gasteiger partial charge in [-0.05, 0) is 37.6 Å². The van der Waals surface area contributed by atoms with Crippen molar-refractivity contribution in [3.63, 3.8) is 0 Å². The second-order valence-corrected chi connectivity index (χ2v) is 8.17. The number of carbonyl (C=O) groups is 2. The molecular formula is C25H22FN5O3. The van der Waals surface area contributed by atoms with Gasteiger partial charge in [0.25, 0.3) is 5.91 Å². The van der Waals surface area contributed by atoms with Gasteiger partial charge in [-0.15, -0.1) is 0 Å². The van der Waals surface area contributed by atoms with Crippen LogP contribution in [-0.4, -0.2) is 47.3 Å². The molecule has 1 unspecified atom stereocenters. The zero-order valence-corrected chi connectivity index (χ0v) is 18.4. The molecule has 2 aromatic carbocycles. The molecule has 34 heavy (non-hydrogen) atoms. The maximum Gasteiger partial charge on any atom is 0.251 e. The number of carbonyl (C=O) groups excluding carboxylic acids is 2. The summed E-state index contributed by atoms with van der Waals surface area (Å²) in [4.78, 5) is 33.2. The minimum Gasteiger partial charge on any atom is -0.372 e. The van der Waals surface area contributed by atoms with Crippen LogP contribution in [0.15, 0.2) is 58.2 Å². The average molecular weight is 459 g/mol. The van der Waals surface area contributed by atoms with E-state index in [9.17, 15) is 14.0 Å². The van der Waals surface area contributed by atoms with Gasteiger partial charge in [0.05, 0.1) is 18.4 Å². The molecular weight excluding hydrogens is 437 g/mol. The number of ketones is 1. The van der Waals surface area contributed by atoms with Crippen LogP contribution in [0.25, 0.3) is 22.2 Å². The number of halogens is 1. The van der Waals surface area contributed by atoms with Gasteiger partial charge >= 0.3 is 0 Å². The number of amides is 1. The first-order valence-electron chi connectivity index (χ1n) is 10.9. The second kappa shape index (κ2) is 8.93. The molecule has 0 saturated heterocycles. The standard InChI is InChI=1S/C25H22FN5O3/c1-14-22(23(31-34-14)15-3-2-4-17(26)9-15)24(32)20-12-29-21-10-16(5-6-19(20)21)25(33)28-8-7-18-11-27-13-30-18/h2-6,9-10,12-13,18,29H,7-8,11H2,1H3,(H,27,30)(H,28,33). The predicted molar refractivity (Wildman–Crippen MR) is 126 cm³/mol. The van der Waals surface area contributed by atoms with Crippen LogP contribution >= 0.6 is 0 Å². The highest BCUT2D eigenvalue weighted by Gasteiger charge is 2.25. The molecule has 5 rings (SSSR count). The Balaban J connectivity index is 1.37. The highest BCUT2D eigenvalue weighted by Crippen LogP contribution is 2.30. The first-order valence-corrected chi connectivity index (χ1v) is 10.9. The number of hydrogen-bond donors (Lipinski definition) is 3. The minimum atomic E-state index is -0.428. The Bertz CT molecular complexity index is 1410. The van der Waals surface area contributed by atoms with Crippen molar-refractivity contribution < 1.29 is 18.5 Å². The van der Waals surface area contributed by atoms with E-state index < -0.39 is 5.82 Å². The quantitative estimate of drug-likeness (QED) is 0.366. The maximum absolute atomic E-state index is 13.7. The Hall–Kier alpha value is -4.27. The third-order valence-electron chi connectivity index (χ3n) is 5.88. The summed E-state index contributed by atoms with van der Waals surface area (Å²) in [5, 5.41) is 10.7. The Morgan fingerprint density at radius 2 is 2.12 bits per heavy atom. The number of H-pyrrole nitrogens is 1. The second-order valence-electron chi connectivity index (χ2n) is 8.17. The van der Waals surface area contributed by atoms with Crippen molar-refractivity contribution in [2.24, 2.45) is 4.99 Å². The molecule has 0 spiro atoms. The SMILES string of the molecule is Cc1onc(-c2cccc(F)c2)c1C(=O)c1c[nH]c2cc(C(=O)NCCC3CN=CN3)ccc12. The normalized spacial score (nSPS) is 14.9. The fourth-order valence-electron chi connectivity index (χ4n) is 4.09. The van der Waals surface area contributed by atoms with E-state index in [2.05, 4.69) is 25.8 Å². The largest absolute Gasteiger partial charge is 0.372 e. The summed E-state index contributed by atoms with van der Waals surface area (Å²) < 4.78 is 19.0. The summed E-state index contributed by atoms with van der Waals surface area (Å²) in [6.07, 6.45) is 4.07. The number of nitrogens with zero attached hydrogens (tertiary/aromatic N) is 2. The number of hydrogen-bond acceptors (Lipinski definition) is 6. The van der Waals surface area contributed by atoms with Gasteiger partial charge in [-0.3, -0.25) is 14.6 Å². The molecule has 4 aromatic rings. The summed E-state index contributed by atoms with van der Waals surface area (Å²) in [6.45, 7) is 2.89. The Morgan fingerprint density at radius 3 is 2.91 bits per heavy atom. The average Bonchev–Trinajstić information content (AvgIpc) is 3.58. The lowest BCUT2D eigenvalue weighted by Crippen LogP contribution is -2.32. The van der Waals surface area contributed by atoms with Gasteiger partial charge < -0.3 is 20.1 Å². The summed E-state index contributed by atoms with van der Waals surface area (Å²) in [5.74, 6) is -0.571. The lowest BCUT2D eigenvalue weighted by atomic mass is 9.97. The van der Waals surface area contributed by atoms with Crippen molar-refractivity contribution in [3.05, 3.63) is 76.9 Å². The van der Waals surface area contributed by atoms with Gasteiger partial charge in [0.1, 0.15) is 17.3 Å². The van der Waals surface area contributed by atoms with E-state index in [4.69, 9.17) is 4.52 Å². The fraction of sp³-hybridized carbons (Fsp3) is 0.200. The van der Waals surface area contributed by atoms with Crippen LogP contribution in [0, 0.1) is 12.7 Å². The van der Waals surface area contributed by atoms with Gasteiger partial charge in [0.15, 0.2) is 0 Å². The van der Waals surface area contributed by atoms with Gasteiger partial charge in [0.2, 0.25) is 5.78 Å². The monoisotopic (exact) mass is 459 g/mol. The number of aromatic nitrogens is 2. The Labute approximate surface area is 194 Å². The molecule has 8 nitrogen and oxygen atoms in total. The molecule has 1 aliphatic heterocycles. The number of rotatable bonds is 7.